The average Bonchev–Trinajstić information content (AvgIpc) is 3.09. The summed E-state index contributed by atoms with van der Waals surface area (Å²) < 4.78 is 15.0. The van der Waals surface area contributed by atoms with E-state index in [-0.39, 0.29) is 27.7 Å². The quantitative estimate of drug-likeness (QED) is 0.707. The van der Waals surface area contributed by atoms with Crippen LogP contribution in [0.15, 0.2) is 24.4 Å². The summed E-state index contributed by atoms with van der Waals surface area (Å²) in [5.41, 5.74) is -0.0403. The molecule has 3 atom stereocenters. The lowest BCUT2D eigenvalue weighted by Crippen LogP contribution is -2.49. The minimum atomic E-state index is -1.04. The number of benzene rings is 1. The molecule has 8 heteroatoms. The second-order valence-electron chi connectivity index (χ2n) is 8.65. The zero-order valence-electron chi connectivity index (χ0n) is 15.8. The lowest BCUT2D eigenvalue weighted by molar-refractivity contribution is -0.121. The van der Waals surface area contributed by atoms with Gasteiger partial charge in [0.05, 0.1) is 5.02 Å². The number of carbonyl (C=O) groups is 1. The number of hydrogen-bond acceptors (Lipinski definition) is 4. The maximum Gasteiger partial charge on any atom is 0.238 e. The zero-order chi connectivity index (χ0) is 20.3. The summed E-state index contributed by atoms with van der Waals surface area (Å²) in [6.07, 6.45) is 2.29. The molecule has 1 amide bonds. The van der Waals surface area contributed by atoms with E-state index in [0.717, 1.165) is 0 Å². The summed E-state index contributed by atoms with van der Waals surface area (Å²) in [6, 6.07) is 4.68. The summed E-state index contributed by atoms with van der Waals surface area (Å²) in [5.74, 6) is -0.782. The van der Waals surface area contributed by atoms with Crippen LogP contribution >= 0.6 is 23.2 Å². The summed E-state index contributed by atoms with van der Waals surface area (Å²) in [7, 11) is 0. The predicted octanol–water partition coefficient (Wildman–Crippen LogP) is 4.30. The highest BCUT2D eigenvalue weighted by atomic mass is 35.5. The normalized spacial score (nSPS) is 26.6. The lowest BCUT2D eigenvalue weighted by Gasteiger charge is -2.37. The van der Waals surface area contributed by atoms with Crippen LogP contribution in [0.4, 0.5) is 10.2 Å². The number of amides is 1. The van der Waals surface area contributed by atoms with Crippen LogP contribution in [0.5, 0.6) is 0 Å². The van der Waals surface area contributed by atoms with Gasteiger partial charge in [0.25, 0.3) is 0 Å². The Labute approximate surface area is 173 Å². The van der Waals surface area contributed by atoms with E-state index in [2.05, 4.69) is 41.4 Å². The molecular formula is C20H21Cl2FN4O. The Kier molecular flexibility index (Phi) is 4.64. The Morgan fingerprint density at radius 2 is 2.07 bits per heavy atom. The van der Waals surface area contributed by atoms with Crippen molar-refractivity contribution >= 4 is 34.9 Å². The van der Waals surface area contributed by atoms with Gasteiger partial charge in [0.15, 0.2) is 0 Å². The Hall–Kier alpha value is -1.76. The SMILES string of the molecule is CC(C)(C)CC1NCC(c2cccc(Cl)c2F)[C@]12C(=O)Nc1nc(Cl)ncc12. The minimum absolute atomic E-state index is 0.0397. The van der Waals surface area contributed by atoms with E-state index in [1.165, 1.54) is 6.07 Å². The molecule has 2 N–H and O–H groups in total. The molecule has 4 rings (SSSR count). The number of nitrogens with one attached hydrogen (secondary N) is 2. The highest BCUT2D eigenvalue weighted by molar-refractivity contribution is 6.30. The summed E-state index contributed by atoms with van der Waals surface area (Å²) in [6.45, 7) is 6.78. The van der Waals surface area contributed by atoms with E-state index in [0.29, 0.717) is 29.9 Å². The molecule has 2 aromatic rings. The monoisotopic (exact) mass is 422 g/mol. The van der Waals surface area contributed by atoms with Crippen molar-refractivity contribution in [1.82, 2.24) is 15.3 Å². The largest absolute Gasteiger partial charge is 0.312 e. The van der Waals surface area contributed by atoms with E-state index >= 15 is 0 Å². The second kappa shape index (κ2) is 6.65. The summed E-state index contributed by atoms with van der Waals surface area (Å²) in [5, 5.41) is 6.41. The van der Waals surface area contributed by atoms with E-state index in [1.54, 1.807) is 18.3 Å². The van der Waals surface area contributed by atoms with Gasteiger partial charge in [0.2, 0.25) is 11.2 Å². The van der Waals surface area contributed by atoms with Crippen LogP contribution in [0.1, 0.15) is 44.2 Å². The molecule has 1 fully saturated rings. The van der Waals surface area contributed by atoms with Gasteiger partial charge in [-0.3, -0.25) is 4.79 Å². The third-order valence-corrected chi connectivity index (χ3v) is 6.13. The van der Waals surface area contributed by atoms with Crippen molar-refractivity contribution < 1.29 is 9.18 Å². The van der Waals surface area contributed by atoms with Gasteiger partial charge in [-0.25, -0.2) is 14.4 Å². The highest BCUT2D eigenvalue weighted by Gasteiger charge is 2.62. The van der Waals surface area contributed by atoms with Crippen LogP contribution in [0, 0.1) is 11.2 Å². The van der Waals surface area contributed by atoms with E-state index in [1.807, 2.05) is 0 Å². The molecule has 3 heterocycles. The van der Waals surface area contributed by atoms with Gasteiger partial charge in [0, 0.05) is 30.3 Å². The van der Waals surface area contributed by atoms with Gasteiger partial charge in [-0.2, -0.15) is 0 Å². The van der Waals surface area contributed by atoms with Crippen molar-refractivity contribution in [3.63, 3.8) is 0 Å². The third-order valence-electron chi connectivity index (χ3n) is 5.65. The number of aromatic nitrogens is 2. The lowest BCUT2D eigenvalue weighted by atomic mass is 9.64. The van der Waals surface area contributed by atoms with Crippen molar-refractivity contribution in [2.45, 2.75) is 44.6 Å². The Bertz CT molecular complexity index is 962. The number of anilines is 1. The first-order valence-corrected chi connectivity index (χ1v) is 9.92. The molecule has 2 aliphatic rings. The molecule has 0 saturated carbocycles. The zero-order valence-corrected chi connectivity index (χ0v) is 17.3. The summed E-state index contributed by atoms with van der Waals surface area (Å²) in [4.78, 5) is 21.7. The van der Waals surface area contributed by atoms with Crippen LogP contribution in [0.25, 0.3) is 0 Å². The smallest absolute Gasteiger partial charge is 0.238 e. The second-order valence-corrected chi connectivity index (χ2v) is 9.39. The van der Waals surface area contributed by atoms with Crippen LogP contribution in [-0.2, 0) is 10.2 Å². The number of halogens is 3. The van der Waals surface area contributed by atoms with Crippen molar-refractivity contribution in [3.05, 3.63) is 51.6 Å². The molecule has 0 bridgehead atoms. The molecule has 2 unspecified atom stereocenters. The van der Waals surface area contributed by atoms with Gasteiger partial charge < -0.3 is 10.6 Å². The van der Waals surface area contributed by atoms with E-state index in [9.17, 15) is 9.18 Å². The van der Waals surface area contributed by atoms with Crippen LogP contribution in [-0.4, -0.2) is 28.5 Å². The fraction of sp³-hybridized carbons (Fsp3) is 0.450. The summed E-state index contributed by atoms with van der Waals surface area (Å²) >= 11 is 12.0. The number of nitrogens with zero attached hydrogens (tertiary/aromatic N) is 2. The van der Waals surface area contributed by atoms with Crippen LogP contribution in [0.2, 0.25) is 10.3 Å². The molecule has 0 radical (unpaired) electrons. The Balaban J connectivity index is 1.94. The first-order valence-electron chi connectivity index (χ1n) is 9.16. The first-order chi connectivity index (χ1) is 13.1. The van der Waals surface area contributed by atoms with E-state index < -0.39 is 17.2 Å². The first kappa shape index (κ1) is 19.6. The predicted molar refractivity (Wildman–Crippen MR) is 107 cm³/mol. The van der Waals surface area contributed by atoms with Crippen molar-refractivity contribution in [3.8, 4) is 0 Å². The Morgan fingerprint density at radius 1 is 1.32 bits per heavy atom. The molecule has 1 aromatic heterocycles. The van der Waals surface area contributed by atoms with Gasteiger partial charge in [-0.15, -0.1) is 0 Å². The highest BCUT2D eigenvalue weighted by Crippen LogP contribution is 2.54. The average molecular weight is 423 g/mol. The molecular weight excluding hydrogens is 402 g/mol. The minimum Gasteiger partial charge on any atom is -0.312 e. The van der Waals surface area contributed by atoms with Crippen molar-refractivity contribution in [1.29, 1.82) is 0 Å². The van der Waals surface area contributed by atoms with Gasteiger partial charge >= 0.3 is 0 Å². The standard InChI is InChI=1S/C20H21Cl2FN4O/c1-19(2,3)7-14-20(12-9-25-18(22)27-16(12)26-17(20)28)11(8-24-14)10-5-4-6-13(21)15(10)23/h4-6,9,11,14,24H,7-8H2,1-3H3,(H,25,26,27,28)/t11?,14?,20-/m1/s1. The maximum absolute atomic E-state index is 15.0. The van der Waals surface area contributed by atoms with Gasteiger partial charge in [0.1, 0.15) is 17.1 Å². The topological polar surface area (TPSA) is 66.9 Å². The van der Waals surface area contributed by atoms with Gasteiger partial charge in [-0.1, -0.05) is 44.5 Å². The van der Waals surface area contributed by atoms with E-state index in [4.69, 9.17) is 23.2 Å². The molecule has 28 heavy (non-hydrogen) atoms. The van der Waals surface area contributed by atoms with Crippen LogP contribution < -0.4 is 10.6 Å². The third kappa shape index (κ3) is 2.90. The number of hydrogen-bond donors (Lipinski definition) is 2. The molecule has 148 valence electrons. The number of rotatable bonds is 2. The molecule has 2 aliphatic heterocycles. The van der Waals surface area contributed by atoms with Crippen molar-refractivity contribution in [2.24, 2.45) is 5.41 Å². The molecule has 1 saturated heterocycles. The van der Waals surface area contributed by atoms with Gasteiger partial charge in [-0.05, 0) is 35.1 Å². The molecule has 5 nitrogen and oxygen atoms in total. The Morgan fingerprint density at radius 3 is 2.79 bits per heavy atom. The van der Waals surface area contributed by atoms with Crippen molar-refractivity contribution in [2.75, 3.05) is 11.9 Å². The molecule has 0 aliphatic carbocycles. The fourth-order valence-corrected chi connectivity index (χ4v) is 4.91. The number of carbonyl (C=O) groups excluding carboxylic acids is 1. The fourth-order valence-electron chi connectivity index (χ4n) is 4.60. The maximum atomic E-state index is 15.0. The molecule has 1 aromatic carbocycles. The number of fused-ring (bicyclic) bond motifs is 2. The van der Waals surface area contributed by atoms with Crippen LogP contribution in [0.3, 0.4) is 0 Å². The molecule has 1 spiro atoms.